The number of aryl methyl sites for hydroxylation is 1. The van der Waals surface area contributed by atoms with Gasteiger partial charge in [0.1, 0.15) is 11.6 Å². The van der Waals surface area contributed by atoms with Crippen LogP contribution < -0.4 is 9.47 Å². The summed E-state index contributed by atoms with van der Waals surface area (Å²) < 4.78 is 37.8. The van der Waals surface area contributed by atoms with E-state index >= 15 is 0 Å². The van der Waals surface area contributed by atoms with Gasteiger partial charge in [-0.3, -0.25) is 10.1 Å². The zero-order chi connectivity index (χ0) is 19.6. The molecule has 2 aromatic carbocycles. The van der Waals surface area contributed by atoms with Crippen molar-refractivity contribution in [2.24, 2.45) is 0 Å². The molecule has 0 saturated heterocycles. The molecule has 6 nitrogen and oxygen atoms in total. The maximum atomic E-state index is 14.0. The Bertz CT molecular complexity index is 1020. The second kappa shape index (κ2) is 7.36. The minimum atomic E-state index is -0.886. The van der Waals surface area contributed by atoms with Crippen molar-refractivity contribution in [1.82, 2.24) is 4.98 Å². The predicted molar refractivity (Wildman–Crippen MR) is 94.0 cm³/mol. The lowest BCUT2D eigenvalue weighted by atomic mass is 10.0. The van der Waals surface area contributed by atoms with Crippen molar-refractivity contribution >= 4 is 5.69 Å². The third kappa shape index (κ3) is 4.00. The van der Waals surface area contributed by atoms with E-state index in [1.807, 2.05) is 0 Å². The van der Waals surface area contributed by atoms with Gasteiger partial charge in [0.05, 0.1) is 12.0 Å². The van der Waals surface area contributed by atoms with Crippen molar-refractivity contribution < 1.29 is 23.2 Å². The van der Waals surface area contributed by atoms with Gasteiger partial charge in [-0.25, -0.2) is 13.8 Å². The molecule has 0 amide bonds. The van der Waals surface area contributed by atoms with Crippen LogP contribution in [0.2, 0.25) is 0 Å². The highest BCUT2D eigenvalue weighted by Crippen LogP contribution is 2.38. The molecule has 27 heavy (non-hydrogen) atoms. The Balaban J connectivity index is 2.14. The van der Waals surface area contributed by atoms with Crippen molar-refractivity contribution in [3.63, 3.8) is 0 Å². The Hall–Kier alpha value is -3.55. The van der Waals surface area contributed by atoms with Crippen molar-refractivity contribution in [3.05, 3.63) is 76.0 Å². The van der Waals surface area contributed by atoms with Crippen LogP contribution in [0.15, 0.2) is 48.5 Å². The number of aromatic nitrogens is 1. The van der Waals surface area contributed by atoms with Crippen molar-refractivity contribution in [2.45, 2.75) is 6.92 Å². The molecule has 0 aliphatic carbocycles. The van der Waals surface area contributed by atoms with Gasteiger partial charge < -0.3 is 9.47 Å². The fourth-order valence-corrected chi connectivity index (χ4v) is 2.52. The standard InChI is InChI=1S/C19H14F2N2O4/c1-11-7-12(8-19(22-11)26-2)15-10-14(23(24)25)4-6-17(15)27-18-5-3-13(20)9-16(18)21/h3-10H,1-2H3. The van der Waals surface area contributed by atoms with Crippen molar-refractivity contribution in [3.8, 4) is 28.5 Å². The number of nitro benzene ring substituents is 1. The summed E-state index contributed by atoms with van der Waals surface area (Å²) >= 11 is 0. The normalized spacial score (nSPS) is 10.5. The lowest BCUT2D eigenvalue weighted by molar-refractivity contribution is -0.384. The monoisotopic (exact) mass is 372 g/mol. The lowest BCUT2D eigenvalue weighted by Crippen LogP contribution is -1.96. The fraction of sp³-hybridized carbons (Fsp3) is 0.105. The van der Waals surface area contributed by atoms with Crippen molar-refractivity contribution in [2.75, 3.05) is 7.11 Å². The molecule has 0 aliphatic rings. The largest absolute Gasteiger partial charge is 0.481 e. The summed E-state index contributed by atoms with van der Waals surface area (Å²) in [5, 5.41) is 11.2. The van der Waals surface area contributed by atoms with Crippen LogP contribution in [-0.4, -0.2) is 17.0 Å². The third-order valence-corrected chi connectivity index (χ3v) is 3.74. The zero-order valence-corrected chi connectivity index (χ0v) is 14.4. The van der Waals surface area contributed by atoms with Crippen LogP contribution >= 0.6 is 0 Å². The van der Waals surface area contributed by atoms with Crippen LogP contribution in [0.3, 0.4) is 0 Å². The van der Waals surface area contributed by atoms with Crippen LogP contribution in [-0.2, 0) is 0 Å². The number of non-ortho nitro benzene ring substituents is 1. The van der Waals surface area contributed by atoms with Gasteiger partial charge in [-0.15, -0.1) is 0 Å². The highest BCUT2D eigenvalue weighted by molar-refractivity contribution is 5.74. The van der Waals surface area contributed by atoms with Gasteiger partial charge in [-0.1, -0.05) is 0 Å². The molecular formula is C19H14F2N2O4. The first-order chi connectivity index (χ1) is 12.9. The molecule has 3 rings (SSSR count). The quantitative estimate of drug-likeness (QED) is 0.463. The molecule has 138 valence electrons. The van der Waals surface area contributed by atoms with Gasteiger partial charge in [0, 0.05) is 35.5 Å². The second-order valence-electron chi connectivity index (χ2n) is 5.65. The molecule has 0 bridgehead atoms. The molecular weight excluding hydrogens is 358 g/mol. The molecule has 1 aromatic heterocycles. The first-order valence-electron chi connectivity index (χ1n) is 7.82. The molecule has 0 saturated carbocycles. The molecule has 0 radical (unpaired) electrons. The molecule has 0 N–H and O–H groups in total. The summed E-state index contributed by atoms with van der Waals surface area (Å²) in [5.41, 5.74) is 1.34. The maximum absolute atomic E-state index is 14.0. The minimum Gasteiger partial charge on any atom is -0.481 e. The third-order valence-electron chi connectivity index (χ3n) is 3.74. The van der Waals surface area contributed by atoms with Gasteiger partial charge in [0.15, 0.2) is 11.6 Å². The van der Waals surface area contributed by atoms with Gasteiger partial charge in [0.2, 0.25) is 5.88 Å². The first-order valence-corrected chi connectivity index (χ1v) is 7.82. The molecule has 1 heterocycles. The Labute approximate surface area is 153 Å². The summed E-state index contributed by atoms with van der Waals surface area (Å²) in [6.45, 7) is 1.74. The first kappa shape index (κ1) is 18.2. The van der Waals surface area contributed by atoms with E-state index in [0.29, 0.717) is 28.8 Å². The number of benzene rings is 2. The number of hydrogen-bond acceptors (Lipinski definition) is 5. The van der Waals surface area contributed by atoms with E-state index in [1.165, 1.54) is 25.3 Å². The van der Waals surface area contributed by atoms with Crippen LogP contribution in [0.25, 0.3) is 11.1 Å². The van der Waals surface area contributed by atoms with Gasteiger partial charge in [-0.05, 0) is 36.8 Å². The van der Waals surface area contributed by atoms with E-state index in [9.17, 15) is 18.9 Å². The summed E-state index contributed by atoms with van der Waals surface area (Å²) in [5.74, 6) is -1.35. The molecule has 8 heteroatoms. The van der Waals surface area contributed by atoms with E-state index < -0.39 is 16.6 Å². The van der Waals surface area contributed by atoms with Crippen LogP contribution in [0.4, 0.5) is 14.5 Å². The Morgan fingerprint density at radius 3 is 2.44 bits per heavy atom. The van der Waals surface area contributed by atoms with Crippen molar-refractivity contribution in [1.29, 1.82) is 0 Å². The lowest BCUT2D eigenvalue weighted by Gasteiger charge is -2.13. The second-order valence-corrected chi connectivity index (χ2v) is 5.65. The summed E-state index contributed by atoms with van der Waals surface area (Å²) in [4.78, 5) is 14.8. The number of nitro groups is 1. The van der Waals surface area contributed by atoms with Crippen LogP contribution in [0.1, 0.15) is 5.69 Å². The maximum Gasteiger partial charge on any atom is 0.270 e. The number of methoxy groups -OCH3 is 1. The van der Waals surface area contributed by atoms with Gasteiger partial charge in [-0.2, -0.15) is 0 Å². The molecule has 0 fully saturated rings. The molecule has 0 spiro atoms. The van der Waals surface area contributed by atoms with Crippen LogP contribution in [0, 0.1) is 28.7 Å². The van der Waals surface area contributed by atoms with E-state index in [4.69, 9.17) is 9.47 Å². The van der Waals surface area contributed by atoms with Gasteiger partial charge >= 0.3 is 0 Å². The van der Waals surface area contributed by atoms with E-state index in [2.05, 4.69) is 4.98 Å². The number of halogens is 2. The summed E-state index contributed by atoms with van der Waals surface area (Å²) in [6.07, 6.45) is 0. The molecule has 0 atom stereocenters. The van der Waals surface area contributed by atoms with E-state index in [0.717, 1.165) is 12.1 Å². The van der Waals surface area contributed by atoms with E-state index in [-0.39, 0.29) is 17.2 Å². The number of ether oxygens (including phenoxy) is 2. The zero-order valence-electron chi connectivity index (χ0n) is 14.4. The summed E-state index contributed by atoms with van der Waals surface area (Å²) in [7, 11) is 1.45. The SMILES string of the molecule is COc1cc(-c2cc([N+](=O)[O-])ccc2Oc2ccc(F)cc2F)cc(C)n1. The average Bonchev–Trinajstić information content (AvgIpc) is 2.63. The minimum absolute atomic E-state index is 0.162. The fourth-order valence-electron chi connectivity index (χ4n) is 2.52. The van der Waals surface area contributed by atoms with Crippen LogP contribution in [0.5, 0.6) is 17.4 Å². The average molecular weight is 372 g/mol. The highest BCUT2D eigenvalue weighted by Gasteiger charge is 2.17. The molecule has 0 unspecified atom stereocenters. The predicted octanol–water partition coefficient (Wildman–Crippen LogP) is 5.04. The van der Waals surface area contributed by atoms with Gasteiger partial charge in [0.25, 0.3) is 5.69 Å². The number of nitrogens with zero attached hydrogens (tertiary/aromatic N) is 2. The smallest absolute Gasteiger partial charge is 0.270 e. The molecule has 0 aliphatic heterocycles. The number of rotatable bonds is 5. The summed E-state index contributed by atoms with van der Waals surface area (Å²) in [6, 6.07) is 10.1. The molecule has 3 aromatic rings. The Kier molecular flexibility index (Phi) is 4.98. The Morgan fingerprint density at radius 1 is 1.04 bits per heavy atom. The Morgan fingerprint density at radius 2 is 1.78 bits per heavy atom. The number of hydrogen-bond donors (Lipinski definition) is 0. The highest BCUT2D eigenvalue weighted by atomic mass is 19.1. The number of pyridine rings is 1. The van der Waals surface area contributed by atoms with E-state index in [1.54, 1.807) is 19.1 Å². The topological polar surface area (TPSA) is 74.5 Å².